The Morgan fingerprint density at radius 2 is 1.88 bits per heavy atom. The molecule has 10 heteroatoms. The van der Waals surface area contributed by atoms with E-state index in [1.165, 1.54) is 19.2 Å². The van der Waals surface area contributed by atoms with E-state index in [0.717, 1.165) is 42.8 Å². The van der Waals surface area contributed by atoms with Gasteiger partial charge < -0.3 is 15.0 Å². The van der Waals surface area contributed by atoms with E-state index in [4.69, 9.17) is 4.74 Å². The smallest absolute Gasteiger partial charge is 0.270 e. The number of rotatable bonds is 10. The minimum atomic E-state index is -4.01. The number of unbranched alkanes of at least 4 members (excludes halogenated alkanes) is 1. The van der Waals surface area contributed by atoms with Crippen molar-refractivity contribution < 1.29 is 17.9 Å². The predicted molar refractivity (Wildman–Crippen MR) is 128 cm³/mol. The Kier molecular flexibility index (Phi) is 8.29. The lowest BCUT2D eigenvalue weighted by atomic mass is 10.1. The Balaban J connectivity index is 1.68. The van der Waals surface area contributed by atoms with E-state index in [1.54, 1.807) is 36.4 Å². The van der Waals surface area contributed by atoms with Crippen molar-refractivity contribution in [1.29, 1.82) is 0 Å². The highest BCUT2D eigenvalue weighted by Crippen LogP contribution is 2.24. The van der Waals surface area contributed by atoms with E-state index in [2.05, 4.69) is 22.2 Å². The lowest BCUT2D eigenvalue weighted by Crippen LogP contribution is -2.20. The molecule has 33 heavy (non-hydrogen) atoms. The fraction of sp³-hybridized carbons (Fsp3) is 0.261. The zero-order chi connectivity index (χ0) is 23.8. The fourth-order valence-corrected chi connectivity index (χ4v) is 4.91. The first-order chi connectivity index (χ1) is 15.8. The largest absolute Gasteiger partial charge is 0.495 e. The van der Waals surface area contributed by atoms with Crippen molar-refractivity contribution in [3.8, 4) is 5.75 Å². The highest BCUT2D eigenvalue weighted by atomic mass is 32.2. The molecule has 0 aliphatic heterocycles. The number of anilines is 1. The predicted octanol–water partition coefficient (Wildman–Crippen LogP) is 3.68. The van der Waals surface area contributed by atoms with Gasteiger partial charge in [0.1, 0.15) is 5.75 Å². The number of carbonyl (C=O) groups excluding carboxylic acids is 1. The molecule has 0 spiro atoms. The first kappa shape index (κ1) is 24.5. The Morgan fingerprint density at radius 1 is 1.15 bits per heavy atom. The van der Waals surface area contributed by atoms with Crippen molar-refractivity contribution in [1.82, 2.24) is 9.97 Å². The summed E-state index contributed by atoms with van der Waals surface area (Å²) in [6.07, 6.45) is 3.97. The van der Waals surface area contributed by atoms with Crippen LogP contribution in [0.1, 0.15) is 25.3 Å². The molecule has 1 aromatic heterocycles. The van der Waals surface area contributed by atoms with Crippen LogP contribution in [0.5, 0.6) is 5.75 Å². The van der Waals surface area contributed by atoms with Gasteiger partial charge in [0.05, 0.1) is 29.6 Å². The van der Waals surface area contributed by atoms with E-state index >= 15 is 0 Å². The Hall–Kier alpha value is -3.11. The molecule has 2 aromatic carbocycles. The molecule has 0 saturated heterocycles. The van der Waals surface area contributed by atoms with Crippen LogP contribution >= 0.6 is 11.8 Å². The number of benzene rings is 2. The molecule has 1 amide bonds. The van der Waals surface area contributed by atoms with Crippen LogP contribution in [-0.2, 0) is 21.1 Å². The van der Waals surface area contributed by atoms with Gasteiger partial charge >= 0.3 is 0 Å². The normalized spacial score (nSPS) is 11.2. The molecule has 3 rings (SSSR count). The molecule has 0 bridgehead atoms. The third-order valence-corrected chi connectivity index (χ3v) is 7.46. The Labute approximate surface area is 196 Å². The monoisotopic (exact) mass is 487 g/mol. The number of nitrogens with one attached hydrogen (secondary N) is 2. The molecule has 0 fully saturated rings. The first-order valence-electron chi connectivity index (χ1n) is 10.3. The molecular weight excluding hydrogens is 462 g/mol. The van der Waals surface area contributed by atoms with Gasteiger partial charge in [0.15, 0.2) is 10.1 Å². The fourth-order valence-electron chi connectivity index (χ4n) is 3.04. The summed E-state index contributed by atoms with van der Waals surface area (Å²) in [4.78, 5) is 30.8. The van der Waals surface area contributed by atoms with Crippen molar-refractivity contribution in [3.05, 3.63) is 70.6 Å². The van der Waals surface area contributed by atoms with Gasteiger partial charge in [-0.25, -0.2) is 13.4 Å². The first-order valence-corrected chi connectivity index (χ1v) is 12.8. The molecule has 0 saturated carbocycles. The maximum atomic E-state index is 12.9. The number of nitrogens with zero attached hydrogens (tertiary/aromatic N) is 1. The van der Waals surface area contributed by atoms with Crippen LogP contribution in [-0.4, -0.2) is 37.2 Å². The second-order valence-electron chi connectivity index (χ2n) is 7.17. The van der Waals surface area contributed by atoms with Crippen molar-refractivity contribution in [2.24, 2.45) is 0 Å². The van der Waals surface area contributed by atoms with Gasteiger partial charge in [0, 0.05) is 0 Å². The highest BCUT2D eigenvalue weighted by Gasteiger charge is 2.22. The number of aryl methyl sites for hydroxylation is 1. The molecule has 0 radical (unpaired) electrons. The number of sulfone groups is 1. The summed E-state index contributed by atoms with van der Waals surface area (Å²) >= 11 is 0.986. The molecule has 3 aromatic rings. The van der Waals surface area contributed by atoms with Gasteiger partial charge in [-0.3, -0.25) is 9.59 Å². The van der Waals surface area contributed by atoms with Crippen LogP contribution < -0.4 is 15.6 Å². The van der Waals surface area contributed by atoms with Crippen LogP contribution in [0.25, 0.3) is 0 Å². The SMILES string of the molecule is CCCCc1ccc(S(=O)(=O)c2cnc(SCC(=O)Nc3ccccc3OC)[nH]c2=O)cc1. The van der Waals surface area contributed by atoms with E-state index in [9.17, 15) is 18.0 Å². The number of aromatic nitrogens is 2. The van der Waals surface area contributed by atoms with Crippen molar-refractivity contribution in [2.45, 2.75) is 41.1 Å². The lowest BCUT2D eigenvalue weighted by Gasteiger charge is -2.09. The van der Waals surface area contributed by atoms with E-state index < -0.39 is 20.3 Å². The third-order valence-electron chi connectivity index (χ3n) is 4.81. The molecule has 0 aliphatic rings. The topological polar surface area (TPSA) is 118 Å². The van der Waals surface area contributed by atoms with Gasteiger partial charge in [-0.15, -0.1) is 0 Å². The summed E-state index contributed by atoms with van der Waals surface area (Å²) in [6.45, 7) is 2.09. The van der Waals surface area contributed by atoms with Crippen LogP contribution in [0, 0.1) is 0 Å². The number of para-hydroxylation sites is 2. The van der Waals surface area contributed by atoms with Crippen molar-refractivity contribution in [3.63, 3.8) is 0 Å². The number of hydrogen-bond donors (Lipinski definition) is 2. The minimum Gasteiger partial charge on any atom is -0.495 e. The van der Waals surface area contributed by atoms with Gasteiger partial charge in [-0.05, 0) is 42.7 Å². The number of amides is 1. The number of hydrogen-bond acceptors (Lipinski definition) is 7. The van der Waals surface area contributed by atoms with Crippen molar-refractivity contribution in [2.75, 3.05) is 18.2 Å². The van der Waals surface area contributed by atoms with Gasteiger partial charge in [-0.2, -0.15) is 0 Å². The quantitative estimate of drug-likeness (QED) is 0.331. The maximum Gasteiger partial charge on any atom is 0.270 e. The summed E-state index contributed by atoms with van der Waals surface area (Å²) in [7, 11) is -2.51. The molecular formula is C23H25N3O5S2. The average Bonchev–Trinajstić information content (AvgIpc) is 2.82. The minimum absolute atomic E-state index is 0.0339. The number of thioether (sulfide) groups is 1. The maximum absolute atomic E-state index is 12.9. The Bertz CT molecular complexity index is 1270. The highest BCUT2D eigenvalue weighted by molar-refractivity contribution is 7.99. The van der Waals surface area contributed by atoms with E-state index in [1.807, 2.05) is 0 Å². The van der Waals surface area contributed by atoms with Gasteiger partial charge in [0.25, 0.3) is 5.56 Å². The van der Waals surface area contributed by atoms with E-state index in [-0.39, 0.29) is 21.7 Å². The number of ether oxygens (including phenoxy) is 1. The average molecular weight is 488 g/mol. The van der Waals surface area contributed by atoms with E-state index in [0.29, 0.717) is 11.4 Å². The number of aromatic amines is 1. The van der Waals surface area contributed by atoms with Crippen LogP contribution in [0.2, 0.25) is 0 Å². The van der Waals surface area contributed by atoms with Crippen LogP contribution in [0.15, 0.2) is 74.5 Å². The third kappa shape index (κ3) is 6.23. The number of carbonyl (C=O) groups is 1. The summed E-state index contributed by atoms with van der Waals surface area (Å²) in [6, 6.07) is 13.5. The summed E-state index contributed by atoms with van der Waals surface area (Å²) < 4.78 is 30.9. The number of H-pyrrole nitrogens is 1. The molecule has 8 nitrogen and oxygen atoms in total. The molecule has 0 unspecified atom stereocenters. The zero-order valence-corrected chi connectivity index (χ0v) is 20.0. The second kappa shape index (κ2) is 11.2. The van der Waals surface area contributed by atoms with Gasteiger partial charge in [0.2, 0.25) is 15.7 Å². The second-order valence-corrected chi connectivity index (χ2v) is 10.1. The molecule has 2 N–H and O–H groups in total. The molecule has 174 valence electrons. The summed E-state index contributed by atoms with van der Waals surface area (Å²) in [5.74, 6) is 0.161. The summed E-state index contributed by atoms with van der Waals surface area (Å²) in [5.41, 5.74) is 0.780. The standard InChI is InChI=1S/C23H25N3O5S2/c1-3-4-7-16-10-12-17(13-11-16)33(29,30)20-14-24-23(26-22(20)28)32-15-21(27)25-18-8-5-6-9-19(18)31-2/h5-6,8-14H,3-4,7,15H2,1-2H3,(H,25,27)(H,24,26,28). The van der Waals surface area contributed by atoms with Gasteiger partial charge in [-0.1, -0.05) is 49.4 Å². The number of methoxy groups -OCH3 is 1. The Morgan fingerprint density at radius 3 is 2.55 bits per heavy atom. The molecule has 1 heterocycles. The molecule has 0 atom stereocenters. The van der Waals surface area contributed by atoms with Crippen LogP contribution in [0.4, 0.5) is 5.69 Å². The lowest BCUT2D eigenvalue weighted by molar-refractivity contribution is -0.113. The van der Waals surface area contributed by atoms with Crippen LogP contribution in [0.3, 0.4) is 0 Å². The van der Waals surface area contributed by atoms with Crippen molar-refractivity contribution >= 4 is 33.2 Å². The zero-order valence-electron chi connectivity index (χ0n) is 18.3. The molecule has 0 aliphatic carbocycles. The summed E-state index contributed by atoms with van der Waals surface area (Å²) in [5, 5.41) is 2.86.